The van der Waals surface area contributed by atoms with Crippen LogP contribution in [-0.4, -0.2) is 71.8 Å². The minimum absolute atomic E-state index is 0.0584. The van der Waals surface area contributed by atoms with Crippen LogP contribution in [0.15, 0.2) is 46.2 Å². The molecule has 5 rings (SSSR count). The second-order valence-corrected chi connectivity index (χ2v) is 12.2. The maximum Gasteiger partial charge on any atom is 0.261 e. The number of anilines is 2. The largest absolute Gasteiger partial charge is 0.337 e. The molecule has 37 heavy (non-hydrogen) atoms. The van der Waals surface area contributed by atoms with Gasteiger partial charge in [-0.15, -0.1) is 0 Å². The van der Waals surface area contributed by atoms with Crippen molar-refractivity contribution in [2.75, 3.05) is 32.5 Å². The van der Waals surface area contributed by atoms with Crippen molar-refractivity contribution in [1.82, 2.24) is 24.0 Å². The number of hydrogen-bond donors (Lipinski definition) is 2. The number of aromatic amines is 1. The van der Waals surface area contributed by atoms with Crippen LogP contribution in [0.4, 0.5) is 15.9 Å². The van der Waals surface area contributed by atoms with Crippen molar-refractivity contribution in [1.29, 1.82) is 5.26 Å². The van der Waals surface area contributed by atoms with Gasteiger partial charge in [-0.3, -0.25) is 14.4 Å². The Bertz CT molecular complexity index is 1510. The Balaban J connectivity index is 1.56. The maximum absolute atomic E-state index is 13.4. The van der Waals surface area contributed by atoms with Crippen LogP contribution in [0.3, 0.4) is 0 Å². The number of nitriles is 1. The first-order valence-corrected chi connectivity index (χ1v) is 13.7. The zero-order valence-corrected chi connectivity index (χ0v) is 21.6. The molecule has 0 bridgehead atoms. The predicted molar refractivity (Wildman–Crippen MR) is 138 cm³/mol. The molecule has 0 spiro atoms. The van der Waals surface area contributed by atoms with Crippen LogP contribution in [0.5, 0.6) is 0 Å². The Kier molecular flexibility index (Phi) is 6.55. The Hall–Kier alpha value is -3.27. The molecule has 1 saturated carbocycles. The van der Waals surface area contributed by atoms with Crippen molar-refractivity contribution in [2.45, 2.75) is 54.8 Å². The molecular weight excluding hydrogens is 497 g/mol. The molecule has 0 atom stereocenters. The number of nitrogens with one attached hydrogen (secondary N) is 2. The smallest absolute Gasteiger partial charge is 0.261 e. The topological polar surface area (TPSA) is 127 Å². The van der Waals surface area contributed by atoms with Crippen molar-refractivity contribution < 1.29 is 12.8 Å². The number of pyridine rings is 1. The fourth-order valence-corrected chi connectivity index (χ4v) is 6.56. The molecule has 1 aliphatic carbocycles. The molecule has 0 radical (unpaired) electrons. The van der Waals surface area contributed by atoms with Gasteiger partial charge in [0.15, 0.2) is 5.82 Å². The predicted octanol–water partition coefficient (Wildman–Crippen LogP) is 2.92. The number of nitrogens with zero attached hydrogens (tertiary/aromatic N) is 5. The van der Waals surface area contributed by atoms with Crippen LogP contribution in [0.25, 0.3) is 10.9 Å². The molecule has 12 heteroatoms. The first-order valence-electron chi connectivity index (χ1n) is 12.3. The summed E-state index contributed by atoms with van der Waals surface area (Å²) in [6, 6.07) is 10.8. The summed E-state index contributed by atoms with van der Waals surface area (Å²) in [6.07, 6.45) is 3.91. The molecule has 2 N–H and O–H groups in total. The normalized spacial score (nSPS) is 23.2. The Labute approximate surface area is 214 Å². The Morgan fingerprint density at radius 1 is 1.24 bits per heavy atom. The number of likely N-dealkylation sites (tertiary alicyclic amines) is 1. The van der Waals surface area contributed by atoms with E-state index in [1.54, 1.807) is 35.1 Å². The minimum atomic E-state index is -3.76. The van der Waals surface area contributed by atoms with Crippen LogP contribution in [0.2, 0.25) is 0 Å². The number of para-hydroxylation sites is 1. The van der Waals surface area contributed by atoms with Gasteiger partial charge in [0.05, 0.1) is 29.2 Å². The average molecular weight is 528 g/mol. The Morgan fingerprint density at radius 2 is 1.95 bits per heavy atom. The zero-order valence-electron chi connectivity index (χ0n) is 20.8. The standard InChI is InChI=1S/C25H30FN7O3S/c1-31(2)37(35,36)21-6-4-3-5-19(21)29-23-22-20(9-14-28-24(22)34)33(30-23)25(12-13-27)10-7-18(8-11-25)32-15-17(26)16-32/h3-6,9,14,17-18H,7-8,10-12,15-16H2,1-2H3,(H,28,34)(H,29,30). The van der Waals surface area contributed by atoms with E-state index in [1.165, 1.54) is 20.2 Å². The summed E-state index contributed by atoms with van der Waals surface area (Å²) in [4.78, 5) is 17.9. The fourth-order valence-electron chi connectivity index (χ4n) is 5.51. The first kappa shape index (κ1) is 25.4. The lowest BCUT2D eigenvalue weighted by molar-refractivity contribution is -0.00330. The van der Waals surface area contributed by atoms with E-state index in [0.29, 0.717) is 42.5 Å². The lowest BCUT2D eigenvalue weighted by Crippen LogP contribution is -2.55. The van der Waals surface area contributed by atoms with Crippen LogP contribution in [-0.2, 0) is 15.6 Å². The number of hydrogen-bond acceptors (Lipinski definition) is 7. The molecule has 0 amide bonds. The molecule has 2 aromatic heterocycles. The number of rotatable bonds is 7. The first-order chi connectivity index (χ1) is 17.7. The molecular formula is C25H30FN7O3S. The molecule has 1 aromatic carbocycles. The molecule has 2 fully saturated rings. The van der Waals surface area contributed by atoms with Gasteiger partial charge in [-0.1, -0.05) is 12.1 Å². The van der Waals surface area contributed by atoms with Crippen molar-refractivity contribution >= 4 is 32.4 Å². The van der Waals surface area contributed by atoms with E-state index >= 15 is 0 Å². The van der Waals surface area contributed by atoms with Gasteiger partial charge >= 0.3 is 0 Å². The number of benzene rings is 1. The van der Waals surface area contributed by atoms with Gasteiger partial charge in [-0.25, -0.2) is 17.1 Å². The zero-order chi connectivity index (χ0) is 26.4. The molecule has 0 unspecified atom stereocenters. The minimum Gasteiger partial charge on any atom is -0.337 e. The maximum atomic E-state index is 13.4. The third-order valence-electron chi connectivity index (χ3n) is 7.63. The van der Waals surface area contributed by atoms with Crippen LogP contribution < -0.4 is 10.9 Å². The van der Waals surface area contributed by atoms with Crippen LogP contribution >= 0.6 is 0 Å². The number of halogens is 1. The van der Waals surface area contributed by atoms with Crippen molar-refractivity contribution in [3.8, 4) is 6.07 Å². The summed E-state index contributed by atoms with van der Waals surface area (Å²) in [5.41, 5.74) is -0.135. The van der Waals surface area contributed by atoms with Gasteiger partial charge in [0, 0.05) is 39.4 Å². The van der Waals surface area contributed by atoms with E-state index in [-0.39, 0.29) is 28.7 Å². The molecule has 196 valence electrons. The lowest BCUT2D eigenvalue weighted by Gasteiger charge is -2.47. The second-order valence-electron chi connectivity index (χ2n) is 10.1. The SMILES string of the molecule is CN(C)S(=O)(=O)c1ccccc1Nc1nn(C2(CC#N)CCC(N3CC(F)C3)CC2)c2cc[nH]c(=O)c12. The summed E-state index contributed by atoms with van der Waals surface area (Å²) >= 11 is 0. The van der Waals surface area contributed by atoms with Gasteiger partial charge < -0.3 is 10.3 Å². The summed E-state index contributed by atoms with van der Waals surface area (Å²) in [6.45, 7) is 0.915. The van der Waals surface area contributed by atoms with Gasteiger partial charge in [-0.2, -0.15) is 10.4 Å². The highest BCUT2D eigenvalue weighted by molar-refractivity contribution is 7.89. The number of aromatic nitrogens is 3. The van der Waals surface area contributed by atoms with E-state index in [0.717, 1.165) is 17.1 Å². The monoisotopic (exact) mass is 527 g/mol. The van der Waals surface area contributed by atoms with Gasteiger partial charge in [0.1, 0.15) is 16.5 Å². The van der Waals surface area contributed by atoms with E-state index in [1.807, 2.05) is 0 Å². The van der Waals surface area contributed by atoms with E-state index in [9.17, 15) is 22.9 Å². The third kappa shape index (κ3) is 4.41. The highest BCUT2D eigenvalue weighted by atomic mass is 32.2. The average Bonchev–Trinajstić information content (AvgIpc) is 3.23. The summed E-state index contributed by atoms with van der Waals surface area (Å²) in [7, 11) is -0.854. The highest BCUT2D eigenvalue weighted by Crippen LogP contribution is 2.42. The summed E-state index contributed by atoms with van der Waals surface area (Å²) in [5.74, 6) is 0.223. The van der Waals surface area contributed by atoms with Crippen LogP contribution in [0.1, 0.15) is 32.1 Å². The lowest BCUT2D eigenvalue weighted by atomic mass is 9.76. The number of sulfonamides is 1. The summed E-state index contributed by atoms with van der Waals surface area (Å²) in [5, 5.41) is 17.9. The number of alkyl halides is 1. The number of fused-ring (bicyclic) bond motifs is 1. The van der Waals surface area contributed by atoms with Crippen molar-refractivity contribution in [2.24, 2.45) is 0 Å². The van der Waals surface area contributed by atoms with Gasteiger partial charge in [0.2, 0.25) is 10.0 Å². The summed E-state index contributed by atoms with van der Waals surface area (Å²) < 4.78 is 42.2. The van der Waals surface area contributed by atoms with Gasteiger partial charge in [0.25, 0.3) is 5.56 Å². The van der Waals surface area contributed by atoms with E-state index < -0.39 is 21.7 Å². The second kappa shape index (κ2) is 9.55. The van der Waals surface area contributed by atoms with Gasteiger partial charge in [-0.05, 0) is 43.9 Å². The van der Waals surface area contributed by atoms with E-state index in [4.69, 9.17) is 5.10 Å². The van der Waals surface area contributed by atoms with E-state index in [2.05, 4.69) is 21.3 Å². The van der Waals surface area contributed by atoms with Crippen LogP contribution in [0, 0.1) is 11.3 Å². The Morgan fingerprint density at radius 3 is 2.59 bits per heavy atom. The molecule has 10 nitrogen and oxygen atoms in total. The molecule has 1 aliphatic heterocycles. The van der Waals surface area contributed by atoms with Crippen molar-refractivity contribution in [3.05, 3.63) is 46.9 Å². The van der Waals surface area contributed by atoms with Crippen molar-refractivity contribution in [3.63, 3.8) is 0 Å². The molecule has 3 aromatic rings. The molecule has 1 saturated heterocycles. The fraction of sp³-hybridized carbons (Fsp3) is 0.480. The number of H-pyrrole nitrogens is 1. The highest BCUT2D eigenvalue weighted by Gasteiger charge is 2.43. The molecule has 3 heterocycles. The molecule has 2 aliphatic rings. The quantitative estimate of drug-likeness (QED) is 0.484. The third-order valence-corrected chi connectivity index (χ3v) is 9.50.